The molecule has 0 spiro atoms. The number of carbonyl (C=O) groups excluding carboxylic acids is 4. The molecule has 1 aromatic rings. The average Bonchev–Trinajstić information content (AvgIpc) is 2.64. The summed E-state index contributed by atoms with van der Waals surface area (Å²) in [4.78, 5) is 47.9. The molecule has 0 aromatic heterocycles. The molecule has 2 atom stereocenters. The van der Waals surface area contributed by atoms with Crippen molar-refractivity contribution in [2.75, 3.05) is 14.2 Å². The number of primary amides is 1. The SMILES string of the molecule is COC(=O)C(C(=O)OC)[C@H](C)[C@@H](NC(=O)c1ccccc1C(F)(F)F)C(N)=O. The first-order valence-corrected chi connectivity index (χ1v) is 7.87. The normalized spacial score (nSPS) is 13.4. The van der Waals surface area contributed by atoms with Crippen LogP contribution in [0.25, 0.3) is 0 Å². The van der Waals surface area contributed by atoms with Crippen molar-refractivity contribution >= 4 is 23.8 Å². The van der Waals surface area contributed by atoms with Crippen molar-refractivity contribution < 1.29 is 41.8 Å². The molecular weight excluding hydrogens is 385 g/mol. The van der Waals surface area contributed by atoms with Gasteiger partial charge in [-0.05, 0) is 12.1 Å². The van der Waals surface area contributed by atoms with E-state index in [-0.39, 0.29) is 0 Å². The van der Waals surface area contributed by atoms with Crippen LogP contribution in [0.2, 0.25) is 0 Å². The number of benzene rings is 1. The topological polar surface area (TPSA) is 125 Å². The van der Waals surface area contributed by atoms with E-state index in [0.29, 0.717) is 6.07 Å². The van der Waals surface area contributed by atoms with Crippen LogP contribution < -0.4 is 11.1 Å². The third-order valence-corrected chi connectivity index (χ3v) is 4.03. The maximum Gasteiger partial charge on any atom is 0.417 e. The summed E-state index contributed by atoms with van der Waals surface area (Å²) < 4.78 is 48.3. The van der Waals surface area contributed by atoms with Gasteiger partial charge in [-0.25, -0.2) is 0 Å². The number of alkyl halides is 3. The van der Waals surface area contributed by atoms with Crippen LogP contribution in [0.5, 0.6) is 0 Å². The zero-order chi connectivity index (χ0) is 21.6. The molecular formula is C17H19F3N2O6. The van der Waals surface area contributed by atoms with Crippen molar-refractivity contribution in [3.63, 3.8) is 0 Å². The minimum absolute atomic E-state index is 0.698. The number of halogens is 3. The van der Waals surface area contributed by atoms with Crippen LogP contribution in [0, 0.1) is 11.8 Å². The van der Waals surface area contributed by atoms with Gasteiger partial charge in [-0.15, -0.1) is 0 Å². The highest BCUT2D eigenvalue weighted by Gasteiger charge is 2.42. The molecule has 154 valence electrons. The summed E-state index contributed by atoms with van der Waals surface area (Å²) >= 11 is 0. The molecule has 0 bridgehead atoms. The van der Waals surface area contributed by atoms with E-state index in [1.807, 2.05) is 0 Å². The highest BCUT2D eigenvalue weighted by atomic mass is 19.4. The molecule has 28 heavy (non-hydrogen) atoms. The Hall–Kier alpha value is -3.11. The summed E-state index contributed by atoms with van der Waals surface area (Å²) in [6, 6.07) is 2.26. The zero-order valence-corrected chi connectivity index (χ0v) is 15.2. The van der Waals surface area contributed by atoms with Gasteiger partial charge in [0.15, 0.2) is 5.92 Å². The van der Waals surface area contributed by atoms with Gasteiger partial charge in [-0.3, -0.25) is 19.2 Å². The number of methoxy groups -OCH3 is 2. The number of nitrogens with two attached hydrogens (primary N) is 1. The van der Waals surface area contributed by atoms with E-state index in [1.165, 1.54) is 13.0 Å². The van der Waals surface area contributed by atoms with Crippen molar-refractivity contribution in [2.24, 2.45) is 17.6 Å². The lowest BCUT2D eigenvalue weighted by Gasteiger charge is -2.27. The molecule has 0 saturated carbocycles. The smallest absolute Gasteiger partial charge is 0.417 e. The molecule has 0 aliphatic heterocycles. The van der Waals surface area contributed by atoms with E-state index in [1.54, 1.807) is 0 Å². The number of esters is 2. The first-order valence-electron chi connectivity index (χ1n) is 7.87. The second-order valence-electron chi connectivity index (χ2n) is 5.78. The highest BCUT2D eigenvalue weighted by molar-refractivity contribution is 6.00. The van der Waals surface area contributed by atoms with Crippen LogP contribution >= 0.6 is 0 Å². The van der Waals surface area contributed by atoms with Crippen molar-refractivity contribution in [3.05, 3.63) is 35.4 Å². The molecule has 2 amide bonds. The summed E-state index contributed by atoms with van der Waals surface area (Å²) in [5.74, 6) is -7.43. The third kappa shape index (κ3) is 5.21. The zero-order valence-electron chi connectivity index (χ0n) is 15.2. The highest BCUT2D eigenvalue weighted by Crippen LogP contribution is 2.32. The molecule has 0 radical (unpaired) electrons. The number of nitrogens with one attached hydrogen (secondary N) is 1. The van der Waals surface area contributed by atoms with Gasteiger partial charge in [0.25, 0.3) is 5.91 Å². The predicted octanol–water partition coefficient (Wildman–Crippen LogP) is 0.887. The summed E-state index contributed by atoms with van der Waals surface area (Å²) in [5, 5.41) is 2.05. The van der Waals surface area contributed by atoms with Crippen molar-refractivity contribution in [1.29, 1.82) is 0 Å². The maximum absolute atomic E-state index is 13.1. The van der Waals surface area contributed by atoms with Crippen LogP contribution in [-0.2, 0) is 30.0 Å². The Morgan fingerprint density at radius 2 is 1.54 bits per heavy atom. The number of hydrogen-bond donors (Lipinski definition) is 2. The number of hydrogen-bond acceptors (Lipinski definition) is 6. The van der Waals surface area contributed by atoms with E-state index in [0.717, 1.165) is 26.4 Å². The lowest BCUT2D eigenvalue weighted by Crippen LogP contribution is -2.53. The Balaban J connectivity index is 3.24. The molecule has 0 fully saturated rings. The summed E-state index contributed by atoms with van der Waals surface area (Å²) in [6.07, 6.45) is -4.82. The lowest BCUT2D eigenvalue weighted by molar-refractivity contribution is -0.162. The van der Waals surface area contributed by atoms with Gasteiger partial charge in [0.05, 0.1) is 25.3 Å². The summed E-state index contributed by atoms with van der Waals surface area (Å²) in [5.41, 5.74) is 3.26. The van der Waals surface area contributed by atoms with E-state index in [4.69, 9.17) is 5.73 Å². The first kappa shape index (κ1) is 22.9. The van der Waals surface area contributed by atoms with Gasteiger partial charge in [-0.1, -0.05) is 19.1 Å². The Morgan fingerprint density at radius 3 is 1.96 bits per heavy atom. The first-order chi connectivity index (χ1) is 12.9. The van der Waals surface area contributed by atoms with E-state index in [9.17, 15) is 32.3 Å². The monoisotopic (exact) mass is 404 g/mol. The molecule has 11 heteroatoms. The van der Waals surface area contributed by atoms with E-state index >= 15 is 0 Å². The number of ether oxygens (including phenoxy) is 2. The van der Waals surface area contributed by atoms with Gasteiger partial charge in [0, 0.05) is 5.92 Å². The molecule has 0 unspecified atom stereocenters. The number of rotatable bonds is 7. The Morgan fingerprint density at radius 1 is 1.04 bits per heavy atom. The van der Waals surface area contributed by atoms with Crippen molar-refractivity contribution in [3.8, 4) is 0 Å². The maximum atomic E-state index is 13.1. The van der Waals surface area contributed by atoms with Gasteiger partial charge < -0.3 is 20.5 Å². The van der Waals surface area contributed by atoms with Crippen LogP contribution in [0.15, 0.2) is 24.3 Å². The minimum Gasteiger partial charge on any atom is -0.468 e. The number of amides is 2. The summed E-state index contributed by atoms with van der Waals surface area (Å²) in [7, 11) is 1.98. The van der Waals surface area contributed by atoms with Crippen LogP contribution in [-0.4, -0.2) is 44.0 Å². The minimum atomic E-state index is -4.82. The Kier molecular flexibility index (Phi) is 7.53. The largest absolute Gasteiger partial charge is 0.468 e. The molecule has 0 aliphatic rings. The molecule has 0 heterocycles. The fourth-order valence-corrected chi connectivity index (χ4v) is 2.58. The fourth-order valence-electron chi connectivity index (χ4n) is 2.58. The van der Waals surface area contributed by atoms with Crippen molar-refractivity contribution in [2.45, 2.75) is 19.1 Å². The lowest BCUT2D eigenvalue weighted by atomic mass is 9.86. The van der Waals surface area contributed by atoms with Crippen LogP contribution in [0.3, 0.4) is 0 Å². The molecule has 1 aromatic carbocycles. The molecule has 3 N–H and O–H groups in total. The third-order valence-electron chi connectivity index (χ3n) is 4.03. The van der Waals surface area contributed by atoms with Crippen LogP contribution in [0.1, 0.15) is 22.8 Å². The average molecular weight is 404 g/mol. The quantitative estimate of drug-likeness (QED) is 0.514. The van der Waals surface area contributed by atoms with Crippen LogP contribution in [0.4, 0.5) is 13.2 Å². The predicted molar refractivity (Wildman–Crippen MR) is 88.6 cm³/mol. The van der Waals surface area contributed by atoms with E-state index < -0.39 is 58.9 Å². The van der Waals surface area contributed by atoms with E-state index in [2.05, 4.69) is 14.8 Å². The Labute approximate surface area is 158 Å². The molecule has 1 rings (SSSR count). The second-order valence-corrected chi connectivity index (χ2v) is 5.78. The van der Waals surface area contributed by atoms with Gasteiger partial charge in [0.2, 0.25) is 5.91 Å². The number of carbonyl (C=O) groups is 4. The summed E-state index contributed by atoms with van der Waals surface area (Å²) in [6.45, 7) is 1.23. The molecule has 0 saturated heterocycles. The Bertz CT molecular complexity index is 750. The molecule has 8 nitrogen and oxygen atoms in total. The second kappa shape index (κ2) is 9.20. The van der Waals surface area contributed by atoms with Gasteiger partial charge in [0.1, 0.15) is 6.04 Å². The van der Waals surface area contributed by atoms with Gasteiger partial charge in [-0.2, -0.15) is 13.2 Å². The standard InChI is InChI=1S/C17H19F3N2O6/c1-8(11(15(25)27-2)16(26)28-3)12(13(21)23)22-14(24)9-6-4-5-7-10(9)17(18,19)20/h4-8,11-12H,1-3H3,(H2,21,23)(H,22,24)/t8-,12+/m0/s1. The fraction of sp³-hybridized carbons (Fsp3) is 0.412. The van der Waals surface area contributed by atoms with Crippen molar-refractivity contribution in [1.82, 2.24) is 5.32 Å². The molecule has 0 aliphatic carbocycles. The van der Waals surface area contributed by atoms with Gasteiger partial charge >= 0.3 is 18.1 Å².